The highest BCUT2D eigenvalue weighted by Crippen LogP contribution is 2.22. The van der Waals surface area contributed by atoms with Crippen LogP contribution < -0.4 is 4.74 Å². The Morgan fingerprint density at radius 1 is 0.667 bits per heavy atom. The number of aryl methyl sites for hydroxylation is 1. The summed E-state index contributed by atoms with van der Waals surface area (Å²) in [6.07, 6.45) is 14.9. The van der Waals surface area contributed by atoms with Crippen molar-refractivity contribution in [1.29, 1.82) is 0 Å². The number of hydrogen-bond acceptors (Lipinski definition) is 4. The third kappa shape index (κ3) is 10.5. The Kier molecular flexibility index (Phi) is 12.5. The normalized spacial score (nSPS) is 11.3. The molecule has 30 heavy (non-hydrogen) atoms. The van der Waals surface area contributed by atoms with Gasteiger partial charge in [0.15, 0.2) is 0 Å². The highest BCUT2D eigenvalue weighted by Gasteiger charge is 1.98. The Morgan fingerprint density at radius 3 is 1.70 bits per heavy atom. The molecule has 0 fully saturated rings. The molecule has 0 spiro atoms. The first-order chi connectivity index (χ1) is 14.8. The quantitative estimate of drug-likeness (QED) is 0.225. The van der Waals surface area contributed by atoms with Crippen LogP contribution in [-0.2, 0) is 6.42 Å². The van der Waals surface area contributed by atoms with Crippen molar-refractivity contribution in [2.45, 2.75) is 77.6 Å². The van der Waals surface area contributed by atoms with Crippen molar-refractivity contribution in [2.24, 2.45) is 10.2 Å². The summed E-state index contributed by atoms with van der Waals surface area (Å²) in [5.41, 5.74) is 3.02. The van der Waals surface area contributed by atoms with Crippen LogP contribution in [0.3, 0.4) is 0 Å². The highest BCUT2D eigenvalue weighted by molar-refractivity contribution is 5.43. The van der Waals surface area contributed by atoms with E-state index in [0.717, 1.165) is 23.5 Å². The highest BCUT2D eigenvalue weighted by atomic mass is 16.5. The molecule has 0 saturated heterocycles. The van der Waals surface area contributed by atoms with E-state index in [2.05, 4.69) is 29.3 Å². The van der Waals surface area contributed by atoms with Gasteiger partial charge >= 0.3 is 0 Å². The van der Waals surface area contributed by atoms with Crippen molar-refractivity contribution in [3.05, 3.63) is 54.1 Å². The second-order valence-electron chi connectivity index (χ2n) is 7.86. The molecule has 0 aliphatic rings. The Hall–Kier alpha value is -2.20. The van der Waals surface area contributed by atoms with E-state index in [1.165, 1.54) is 69.8 Å². The average molecular weight is 411 g/mol. The first-order valence-corrected chi connectivity index (χ1v) is 11.7. The van der Waals surface area contributed by atoms with E-state index >= 15 is 0 Å². The Bertz CT molecular complexity index is 696. The Morgan fingerprint density at radius 2 is 1.17 bits per heavy atom. The third-order valence-corrected chi connectivity index (χ3v) is 5.23. The number of ether oxygens (including phenoxy) is 1. The van der Waals surface area contributed by atoms with Crippen LogP contribution in [0.4, 0.5) is 11.4 Å². The smallest absolute Gasteiger partial charge is 0.119 e. The zero-order chi connectivity index (χ0) is 21.3. The fourth-order valence-corrected chi connectivity index (χ4v) is 3.43. The summed E-state index contributed by atoms with van der Waals surface area (Å²) in [6.45, 7) is 2.58. The van der Waals surface area contributed by atoms with Crippen LogP contribution >= 0.6 is 0 Å². The van der Waals surface area contributed by atoms with E-state index in [9.17, 15) is 0 Å². The Labute approximate surface area is 182 Å². The molecule has 0 unspecified atom stereocenters. The van der Waals surface area contributed by atoms with Crippen LogP contribution in [0.2, 0.25) is 0 Å². The van der Waals surface area contributed by atoms with E-state index in [1.807, 2.05) is 36.4 Å². The van der Waals surface area contributed by atoms with Crippen LogP contribution in [0.1, 0.15) is 76.7 Å². The second kappa shape index (κ2) is 15.6. The van der Waals surface area contributed by atoms with E-state index < -0.39 is 0 Å². The molecule has 0 atom stereocenters. The van der Waals surface area contributed by atoms with Crippen LogP contribution in [0, 0.1) is 0 Å². The van der Waals surface area contributed by atoms with E-state index in [-0.39, 0.29) is 6.61 Å². The van der Waals surface area contributed by atoms with Gasteiger partial charge in [-0.05, 0) is 54.8 Å². The van der Waals surface area contributed by atoms with E-state index in [0.29, 0.717) is 6.61 Å². The molecule has 4 nitrogen and oxygen atoms in total. The average Bonchev–Trinajstić information content (AvgIpc) is 2.79. The minimum Gasteiger partial charge on any atom is -0.491 e. The van der Waals surface area contributed by atoms with Crippen molar-refractivity contribution < 1.29 is 9.84 Å². The standard InChI is InChI=1S/C26H38N2O2/c1-2-3-4-5-6-7-8-9-10-11-12-23-13-15-24(16-14-23)27-28-25-17-19-26(20-18-25)30-22-21-29/h13-20,29H,2-12,21-22H2,1H3. The first kappa shape index (κ1) is 24.1. The summed E-state index contributed by atoms with van der Waals surface area (Å²) < 4.78 is 5.34. The third-order valence-electron chi connectivity index (χ3n) is 5.23. The summed E-state index contributed by atoms with van der Waals surface area (Å²) >= 11 is 0. The second-order valence-corrected chi connectivity index (χ2v) is 7.86. The number of hydrogen-bond donors (Lipinski definition) is 1. The fourth-order valence-electron chi connectivity index (χ4n) is 3.43. The van der Waals surface area contributed by atoms with Crippen molar-refractivity contribution in [3.63, 3.8) is 0 Å². The summed E-state index contributed by atoms with van der Waals surface area (Å²) in [6, 6.07) is 15.8. The summed E-state index contributed by atoms with van der Waals surface area (Å²) in [7, 11) is 0. The van der Waals surface area contributed by atoms with Gasteiger partial charge in [0.2, 0.25) is 0 Å². The zero-order valence-electron chi connectivity index (χ0n) is 18.6. The van der Waals surface area contributed by atoms with Gasteiger partial charge in [0.1, 0.15) is 12.4 Å². The number of rotatable bonds is 16. The maximum absolute atomic E-state index is 8.78. The number of benzene rings is 2. The van der Waals surface area contributed by atoms with Crippen LogP contribution in [-0.4, -0.2) is 18.3 Å². The van der Waals surface area contributed by atoms with E-state index in [4.69, 9.17) is 9.84 Å². The number of aliphatic hydroxyl groups is 1. The predicted octanol–water partition coefficient (Wildman–Crippen LogP) is 7.94. The van der Waals surface area contributed by atoms with Gasteiger partial charge in [0.25, 0.3) is 0 Å². The maximum Gasteiger partial charge on any atom is 0.119 e. The van der Waals surface area contributed by atoms with Crippen LogP contribution in [0.25, 0.3) is 0 Å². The topological polar surface area (TPSA) is 54.2 Å². The van der Waals surface area contributed by atoms with Gasteiger partial charge in [-0.3, -0.25) is 0 Å². The first-order valence-electron chi connectivity index (χ1n) is 11.7. The number of nitrogens with zero attached hydrogens (tertiary/aromatic N) is 2. The summed E-state index contributed by atoms with van der Waals surface area (Å²) in [5, 5.41) is 17.4. The lowest BCUT2D eigenvalue weighted by Crippen LogP contribution is -2.00. The fraction of sp³-hybridized carbons (Fsp3) is 0.538. The Balaban J connectivity index is 1.61. The molecule has 2 aromatic carbocycles. The lowest BCUT2D eigenvalue weighted by molar-refractivity contribution is 0.201. The van der Waals surface area contributed by atoms with Gasteiger partial charge in [-0.1, -0.05) is 76.8 Å². The molecular weight excluding hydrogens is 372 g/mol. The molecule has 0 heterocycles. The van der Waals surface area contributed by atoms with Gasteiger partial charge in [-0.2, -0.15) is 10.2 Å². The summed E-state index contributed by atoms with van der Waals surface area (Å²) in [4.78, 5) is 0. The lowest BCUT2D eigenvalue weighted by atomic mass is 10.0. The van der Waals surface area contributed by atoms with Gasteiger partial charge in [-0.25, -0.2) is 0 Å². The van der Waals surface area contributed by atoms with E-state index in [1.54, 1.807) is 0 Å². The molecule has 2 rings (SSSR count). The van der Waals surface area contributed by atoms with Gasteiger partial charge in [0.05, 0.1) is 18.0 Å². The van der Waals surface area contributed by atoms with Gasteiger partial charge < -0.3 is 9.84 Å². The zero-order valence-corrected chi connectivity index (χ0v) is 18.6. The molecule has 0 radical (unpaired) electrons. The van der Waals surface area contributed by atoms with Crippen LogP contribution in [0.15, 0.2) is 58.8 Å². The SMILES string of the molecule is CCCCCCCCCCCCc1ccc(N=Nc2ccc(OCCO)cc2)cc1. The number of unbranched alkanes of at least 4 members (excludes halogenated alkanes) is 9. The molecule has 0 bridgehead atoms. The molecule has 0 aliphatic carbocycles. The summed E-state index contributed by atoms with van der Waals surface area (Å²) in [5.74, 6) is 0.722. The van der Waals surface area contributed by atoms with Gasteiger partial charge in [0, 0.05) is 0 Å². The largest absolute Gasteiger partial charge is 0.491 e. The maximum atomic E-state index is 8.78. The molecule has 0 saturated carbocycles. The lowest BCUT2D eigenvalue weighted by Gasteiger charge is -2.04. The number of azo groups is 1. The van der Waals surface area contributed by atoms with Crippen LogP contribution in [0.5, 0.6) is 5.75 Å². The molecule has 1 N–H and O–H groups in total. The monoisotopic (exact) mass is 410 g/mol. The van der Waals surface area contributed by atoms with Crippen molar-refractivity contribution in [1.82, 2.24) is 0 Å². The minimum atomic E-state index is 0.0106. The molecular formula is C26H38N2O2. The minimum absolute atomic E-state index is 0.0106. The molecule has 2 aromatic rings. The molecule has 4 heteroatoms. The van der Waals surface area contributed by atoms with Crippen molar-refractivity contribution in [3.8, 4) is 5.75 Å². The van der Waals surface area contributed by atoms with Gasteiger partial charge in [-0.15, -0.1) is 0 Å². The van der Waals surface area contributed by atoms with Crippen molar-refractivity contribution in [2.75, 3.05) is 13.2 Å². The number of aliphatic hydroxyl groups excluding tert-OH is 1. The molecule has 0 aromatic heterocycles. The molecule has 0 aliphatic heterocycles. The molecule has 164 valence electrons. The molecule has 0 amide bonds. The van der Waals surface area contributed by atoms with Crippen molar-refractivity contribution >= 4 is 11.4 Å². The predicted molar refractivity (Wildman–Crippen MR) is 125 cm³/mol.